The number of rotatable bonds is 3. The third kappa shape index (κ3) is 3.63. The Kier molecular flexibility index (Phi) is 5.38. The lowest BCUT2D eigenvalue weighted by Crippen LogP contribution is -2.30. The number of H-pyrrole nitrogens is 1. The molecule has 0 spiro atoms. The average Bonchev–Trinajstić information content (AvgIpc) is 3.67. The molecule has 0 radical (unpaired) electrons. The number of hydrogen-bond donors (Lipinski definition) is 1. The number of nitrogens with one attached hydrogen (secondary N) is 1. The van der Waals surface area contributed by atoms with Gasteiger partial charge in [0.2, 0.25) is 0 Å². The minimum atomic E-state index is -0.159. The number of benzene rings is 5. The first-order valence-corrected chi connectivity index (χ1v) is 15.7. The summed E-state index contributed by atoms with van der Waals surface area (Å²) in [5.74, 6) is 0.912. The number of thiazole rings is 1. The van der Waals surface area contributed by atoms with Crippen molar-refractivity contribution in [2.24, 2.45) is 0 Å². The highest BCUT2D eigenvalue weighted by Gasteiger charge is 2.37. The fraction of sp³-hybridized carbons (Fsp3) is 0.0769. The summed E-state index contributed by atoms with van der Waals surface area (Å²) in [7, 11) is 0. The van der Waals surface area contributed by atoms with Gasteiger partial charge in [0, 0.05) is 39.0 Å². The van der Waals surface area contributed by atoms with Gasteiger partial charge in [0.05, 0.1) is 27.1 Å². The second-order valence-electron chi connectivity index (χ2n) is 12.0. The predicted octanol–water partition coefficient (Wildman–Crippen LogP) is 10.8. The molecule has 8 aromatic rings. The van der Waals surface area contributed by atoms with Crippen molar-refractivity contribution in [1.82, 2.24) is 15.0 Å². The van der Waals surface area contributed by atoms with E-state index >= 15 is 0 Å². The highest BCUT2D eigenvalue weighted by Crippen LogP contribution is 2.52. The lowest BCUT2D eigenvalue weighted by Gasteiger charge is -2.41. The molecule has 0 amide bonds. The number of fused-ring (bicyclic) bond motifs is 6. The van der Waals surface area contributed by atoms with E-state index in [-0.39, 0.29) is 5.41 Å². The molecule has 0 atom stereocenters. The Bertz CT molecular complexity index is 2380. The molecule has 5 heteroatoms. The van der Waals surface area contributed by atoms with Crippen LogP contribution in [-0.4, -0.2) is 15.0 Å². The van der Waals surface area contributed by atoms with Crippen LogP contribution >= 0.6 is 11.3 Å². The molecule has 4 nitrogen and oxygen atoms in total. The molecule has 0 unspecified atom stereocenters. The number of para-hydroxylation sites is 4. The zero-order valence-electron chi connectivity index (χ0n) is 24.4. The van der Waals surface area contributed by atoms with Crippen LogP contribution in [0.15, 0.2) is 128 Å². The summed E-state index contributed by atoms with van der Waals surface area (Å²) in [5.41, 5.74) is 11.5. The maximum Gasteiger partial charge on any atom is 0.137 e. The highest BCUT2D eigenvalue weighted by atomic mass is 32.1. The largest absolute Gasteiger partial charge is 0.354 e. The van der Waals surface area contributed by atoms with E-state index in [1.807, 2.05) is 12.3 Å². The number of aromatic amines is 1. The first-order chi connectivity index (χ1) is 21.6. The van der Waals surface area contributed by atoms with Crippen LogP contribution < -0.4 is 4.90 Å². The van der Waals surface area contributed by atoms with Gasteiger partial charge in [-0.2, -0.15) is 0 Å². The van der Waals surface area contributed by atoms with Gasteiger partial charge in [-0.1, -0.05) is 92.7 Å². The van der Waals surface area contributed by atoms with Crippen LogP contribution in [0.2, 0.25) is 0 Å². The molecular formula is C39H28N4S. The van der Waals surface area contributed by atoms with Crippen molar-refractivity contribution in [3.63, 3.8) is 0 Å². The van der Waals surface area contributed by atoms with Gasteiger partial charge in [-0.05, 0) is 59.2 Å². The topological polar surface area (TPSA) is 44.8 Å². The summed E-state index contributed by atoms with van der Waals surface area (Å²) < 4.78 is 1.18. The molecule has 0 bridgehead atoms. The molecule has 0 fully saturated rings. The predicted molar refractivity (Wildman–Crippen MR) is 184 cm³/mol. The number of nitrogens with zero attached hydrogens (tertiary/aromatic N) is 3. The zero-order chi connectivity index (χ0) is 29.4. The zero-order valence-corrected chi connectivity index (χ0v) is 25.2. The van der Waals surface area contributed by atoms with Crippen molar-refractivity contribution in [3.8, 4) is 21.7 Å². The van der Waals surface area contributed by atoms with E-state index in [0.717, 1.165) is 49.8 Å². The van der Waals surface area contributed by atoms with Crippen molar-refractivity contribution < 1.29 is 0 Å². The molecule has 5 aromatic carbocycles. The molecule has 0 saturated heterocycles. The van der Waals surface area contributed by atoms with Crippen molar-refractivity contribution in [1.29, 1.82) is 0 Å². The van der Waals surface area contributed by atoms with Crippen LogP contribution in [0, 0.1) is 0 Å². The van der Waals surface area contributed by atoms with E-state index in [4.69, 9.17) is 9.97 Å². The Morgan fingerprint density at radius 2 is 1.45 bits per heavy atom. The first-order valence-electron chi connectivity index (χ1n) is 14.9. The maximum atomic E-state index is 5.31. The van der Waals surface area contributed by atoms with Crippen molar-refractivity contribution in [2.45, 2.75) is 19.3 Å². The van der Waals surface area contributed by atoms with Gasteiger partial charge in [-0.15, -0.1) is 11.3 Å². The van der Waals surface area contributed by atoms with Gasteiger partial charge >= 0.3 is 0 Å². The molecule has 0 aliphatic carbocycles. The quantitative estimate of drug-likeness (QED) is 0.225. The fourth-order valence-electron chi connectivity index (χ4n) is 6.97. The Balaban J connectivity index is 1.23. The smallest absolute Gasteiger partial charge is 0.137 e. The Hall–Kier alpha value is -5.26. The third-order valence-electron chi connectivity index (χ3n) is 9.11. The minimum Gasteiger partial charge on any atom is -0.354 e. The second kappa shape index (κ2) is 9.37. The van der Waals surface area contributed by atoms with Gasteiger partial charge in [-0.3, -0.25) is 4.90 Å². The van der Waals surface area contributed by atoms with Gasteiger partial charge in [0.1, 0.15) is 10.8 Å². The Morgan fingerprint density at radius 3 is 2.36 bits per heavy atom. The molecule has 3 aromatic heterocycles. The lowest BCUT2D eigenvalue weighted by atomic mass is 9.73. The highest BCUT2D eigenvalue weighted by molar-refractivity contribution is 7.21. The summed E-state index contributed by atoms with van der Waals surface area (Å²) in [4.78, 5) is 16.1. The molecule has 1 N–H and O–H groups in total. The van der Waals surface area contributed by atoms with Crippen molar-refractivity contribution >= 4 is 60.6 Å². The van der Waals surface area contributed by atoms with E-state index in [0.29, 0.717) is 0 Å². The minimum absolute atomic E-state index is 0.159. The third-order valence-corrected chi connectivity index (χ3v) is 10.2. The van der Waals surface area contributed by atoms with E-state index in [2.05, 4.69) is 139 Å². The van der Waals surface area contributed by atoms with E-state index < -0.39 is 0 Å². The van der Waals surface area contributed by atoms with Gasteiger partial charge in [0.15, 0.2) is 0 Å². The SMILES string of the molecule is CC1(C)c2ccccc2N(c2ccccn2)c2cc(-c3cccc4sc(-c5cccc6c5[nH]c5ccccc56)nc34)ccc21. The summed E-state index contributed by atoms with van der Waals surface area (Å²) >= 11 is 1.75. The number of pyridine rings is 1. The van der Waals surface area contributed by atoms with Crippen LogP contribution in [0.4, 0.5) is 17.2 Å². The molecule has 4 heterocycles. The van der Waals surface area contributed by atoms with Gasteiger partial charge < -0.3 is 4.98 Å². The number of aromatic nitrogens is 3. The van der Waals surface area contributed by atoms with Crippen LogP contribution in [0.5, 0.6) is 0 Å². The molecule has 1 aliphatic heterocycles. The average molecular weight is 585 g/mol. The maximum absolute atomic E-state index is 5.31. The Labute approximate surface area is 259 Å². The van der Waals surface area contributed by atoms with E-state index in [1.54, 1.807) is 11.3 Å². The molecular weight excluding hydrogens is 557 g/mol. The van der Waals surface area contributed by atoms with Crippen LogP contribution in [0.1, 0.15) is 25.0 Å². The standard InChI is InChI=1S/C39H28N4S/c1-39(2)29-15-4-6-17-32(29)43(35-19-7-8-22-40-35)33-23-24(20-21-30(33)39)25-12-10-18-34-37(25)42-38(44-34)28-14-9-13-27-26-11-3-5-16-31(26)41-36(27)28/h3-23,41H,1-2H3. The lowest BCUT2D eigenvalue weighted by molar-refractivity contribution is 0.631. The molecule has 0 saturated carbocycles. The number of hydrogen-bond acceptors (Lipinski definition) is 4. The van der Waals surface area contributed by atoms with Crippen LogP contribution in [0.3, 0.4) is 0 Å². The molecule has 9 rings (SSSR count). The van der Waals surface area contributed by atoms with E-state index in [1.165, 1.54) is 32.3 Å². The number of anilines is 3. The summed E-state index contributed by atoms with van der Waals surface area (Å²) in [6.07, 6.45) is 1.87. The molecule has 44 heavy (non-hydrogen) atoms. The summed E-state index contributed by atoms with van der Waals surface area (Å²) in [6, 6.07) is 43.2. The van der Waals surface area contributed by atoms with Crippen molar-refractivity contribution in [3.05, 3.63) is 139 Å². The van der Waals surface area contributed by atoms with Crippen LogP contribution in [-0.2, 0) is 5.41 Å². The molecule has 210 valence electrons. The van der Waals surface area contributed by atoms with E-state index in [9.17, 15) is 0 Å². The monoisotopic (exact) mass is 584 g/mol. The fourth-order valence-corrected chi connectivity index (χ4v) is 7.99. The molecule has 1 aliphatic rings. The van der Waals surface area contributed by atoms with Crippen molar-refractivity contribution in [2.75, 3.05) is 4.90 Å². The first kappa shape index (κ1) is 25.3. The Morgan fingerprint density at radius 1 is 0.682 bits per heavy atom. The second-order valence-corrected chi connectivity index (χ2v) is 13.0. The normalized spacial score (nSPS) is 13.8. The van der Waals surface area contributed by atoms with Crippen LogP contribution in [0.25, 0.3) is 53.7 Å². The summed E-state index contributed by atoms with van der Waals surface area (Å²) in [5, 5.41) is 3.49. The van der Waals surface area contributed by atoms with Gasteiger partial charge in [0.25, 0.3) is 0 Å². The summed E-state index contributed by atoms with van der Waals surface area (Å²) in [6.45, 7) is 4.64. The van der Waals surface area contributed by atoms with Gasteiger partial charge in [-0.25, -0.2) is 9.97 Å².